The number of aliphatic hydroxyl groups is 1. The molecule has 1 fully saturated rings. The third-order valence-corrected chi connectivity index (χ3v) is 5.17. The molecule has 2 rings (SSSR count). The van der Waals surface area contributed by atoms with Gasteiger partial charge in [-0.15, -0.1) is 0 Å². The molecular formula is C17H28N2O4S. The van der Waals surface area contributed by atoms with E-state index in [-0.39, 0.29) is 0 Å². The van der Waals surface area contributed by atoms with Gasteiger partial charge in [0.2, 0.25) is 0 Å². The molecule has 7 heteroatoms. The van der Waals surface area contributed by atoms with Gasteiger partial charge in [-0.25, -0.2) is 4.21 Å². The molecule has 6 nitrogen and oxygen atoms in total. The molecule has 0 amide bonds. The number of nitrogens with zero attached hydrogens (tertiary/aromatic N) is 1. The fraction of sp³-hybridized carbons (Fsp3) is 0.647. The molecule has 0 aromatic heterocycles. The van der Waals surface area contributed by atoms with Gasteiger partial charge in [0.15, 0.2) is 11.1 Å². The Morgan fingerprint density at radius 1 is 1.29 bits per heavy atom. The second-order valence-corrected chi connectivity index (χ2v) is 7.56. The molecule has 136 valence electrons. The number of rotatable bonds is 8. The summed E-state index contributed by atoms with van der Waals surface area (Å²) in [6.07, 6.45) is -0.604. The van der Waals surface area contributed by atoms with E-state index >= 15 is 0 Å². The number of hydrogen-bond donors (Lipinski definition) is 2. The lowest BCUT2D eigenvalue weighted by Crippen LogP contribution is -2.52. The summed E-state index contributed by atoms with van der Waals surface area (Å²) < 4.78 is 22.8. The average molecular weight is 356 g/mol. The van der Waals surface area contributed by atoms with E-state index in [4.69, 9.17) is 8.92 Å². The minimum absolute atomic E-state index is 0.399. The van der Waals surface area contributed by atoms with E-state index < -0.39 is 22.8 Å². The van der Waals surface area contributed by atoms with Crippen LogP contribution in [-0.4, -0.2) is 65.3 Å². The molecule has 2 atom stereocenters. The molecule has 1 heterocycles. The van der Waals surface area contributed by atoms with Crippen molar-refractivity contribution in [1.29, 1.82) is 0 Å². The molecule has 0 bridgehead atoms. The molecular weight excluding hydrogens is 328 g/mol. The van der Waals surface area contributed by atoms with E-state index in [1.165, 1.54) is 0 Å². The van der Waals surface area contributed by atoms with Crippen molar-refractivity contribution < 1.29 is 18.2 Å². The zero-order valence-corrected chi connectivity index (χ0v) is 15.5. The van der Waals surface area contributed by atoms with Crippen LogP contribution in [0.4, 0.5) is 0 Å². The predicted molar refractivity (Wildman–Crippen MR) is 94.5 cm³/mol. The average Bonchev–Trinajstić information content (AvgIpc) is 2.56. The van der Waals surface area contributed by atoms with Gasteiger partial charge >= 0.3 is 0 Å². The van der Waals surface area contributed by atoms with Gasteiger partial charge < -0.3 is 15.2 Å². The third-order valence-electron chi connectivity index (χ3n) is 4.07. The van der Waals surface area contributed by atoms with Gasteiger partial charge in [-0.2, -0.15) is 0 Å². The Kier molecular flexibility index (Phi) is 7.18. The van der Waals surface area contributed by atoms with E-state index in [2.05, 4.69) is 10.2 Å². The Morgan fingerprint density at radius 2 is 1.92 bits per heavy atom. The molecule has 1 aliphatic rings. The first-order valence-corrected chi connectivity index (χ1v) is 9.45. The van der Waals surface area contributed by atoms with Crippen LogP contribution in [0.15, 0.2) is 29.2 Å². The number of hydrogen-bond acceptors (Lipinski definition) is 6. The molecule has 0 spiro atoms. The summed E-state index contributed by atoms with van der Waals surface area (Å²) in [7, 11) is 0. The van der Waals surface area contributed by atoms with Crippen LogP contribution in [0.25, 0.3) is 0 Å². The second-order valence-electron chi connectivity index (χ2n) is 6.38. The van der Waals surface area contributed by atoms with Crippen molar-refractivity contribution in [3.63, 3.8) is 0 Å². The Morgan fingerprint density at radius 3 is 2.50 bits per heavy atom. The summed E-state index contributed by atoms with van der Waals surface area (Å²) in [4.78, 5) is 2.84. The van der Waals surface area contributed by atoms with Gasteiger partial charge in [-0.1, -0.05) is 0 Å². The number of aliphatic hydroxyl groups excluding tert-OH is 1. The van der Waals surface area contributed by atoms with E-state index in [0.29, 0.717) is 23.8 Å². The topological polar surface area (TPSA) is 71.0 Å². The maximum atomic E-state index is 11.8. The normalized spacial score (nSPS) is 19.0. The van der Waals surface area contributed by atoms with Gasteiger partial charge in [0.1, 0.15) is 17.5 Å². The standard InChI is InChI=1S/C17H28N2O4S/c1-4-22-24(21)15-7-5-14(6-8-15)23-17(2,3)16(20)13-19-11-9-18-10-12-19/h5-8,16,18,20H,4,9-13H2,1-3H3. The largest absolute Gasteiger partial charge is 0.485 e. The number of ether oxygens (including phenoxy) is 1. The van der Waals surface area contributed by atoms with Crippen molar-refractivity contribution in [2.75, 3.05) is 39.3 Å². The Hall–Kier alpha value is -0.990. The first-order chi connectivity index (χ1) is 11.4. The van der Waals surface area contributed by atoms with Crippen LogP contribution >= 0.6 is 0 Å². The molecule has 0 radical (unpaired) electrons. The highest BCUT2D eigenvalue weighted by Gasteiger charge is 2.32. The highest BCUT2D eigenvalue weighted by atomic mass is 32.2. The maximum Gasteiger partial charge on any atom is 0.189 e. The Balaban J connectivity index is 1.93. The van der Waals surface area contributed by atoms with E-state index in [0.717, 1.165) is 26.2 Å². The van der Waals surface area contributed by atoms with Crippen molar-refractivity contribution in [2.45, 2.75) is 37.4 Å². The summed E-state index contributed by atoms with van der Waals surface area (Å²) in [5.74, 6) is 0.636. The Labute approximate surface area is 146 Å². The van der Waals surface area contributed by atoms with E-state index in [9.17, 15) is 9.32 Å². The van der Waals surface area contributed by atoms with Crippen molar-refractivity contribution in [2.24, 2.45) is 0 Å². The van der Waals surface area contributed by atoms with Crippen LogP contribution in [0.3, 0.4) is 0 Å². The molecule has 1 aromatic carbocycles. The molecule has 2 N–H and O–H groups in total. The summed E-state index contributed by atoms with van der Waals surface area (Å²) >= 11 is -1.45. The quantitative estimate of drug-likeness (QED) is 0.729. The molecule has 24 heavy (non-hydrogen) atoms. The SMILES string of the molecule is CCOS(=O)c1ccc(OC(C)(C)C(O)CN2CCNCC2)cc1. The first kappa shape index (κ1) is 19.3. The van der Waals surface area contributed by atoms with Crippen molar-refractivity contribution in [3.8, 4) is 5.75 Å². The smallest absolute Gasteiger partial charge is 0.189 e. The molecule has 1 saturated heterocycles. The monoisotopic (exact) mass is 356 g/mol. The molecule has 1 aliphatic heterocycles. The van der Waals surface area contributed by atoms with Crippen molar-refractivity contribution in [3.05, 3.63) is 24.3 Å². The van der Waals surface area contributed by atoms with Crippen LogP contribution in [0.1, 0.15) is 20.8 Å². The summed E-state index contributed by atoms with van der Waals surface area (Å²) in [6.45, 7) is 10.3. The second kappa shape index (κ2) is 8.92. The van der Waals surface area contributed by atoms with Crippen LogP contribution < -0.4 is 10.1 Å². The lowest BCUT2D eigenvalue weighted by molar-refractivity contribution is -0.0456. The van der Waals surface area contributed by atoms with Crippen molar-refractivity contribution in [1.82, 2.24) is 10.2 Å². The number of piperazine rings is 1. The fourth-order valence-electron chi connectivity index (χ4n) is 2.52. The minimum Gasteiger partial charge on any atom is -0.485 e. The third kappa shape index (κ3) is 5.53. The lowest BCUT2D eigenvalue weighted by atomic mass is 10.0. The summed E-state index contributed by atoms with van der Waals surface area (Å²) in [5.41, 5.74) is -0.717. The molecule has 0 saturated carbocycles. The van der Waals surface area contributed by atoms with E-state index in [1.807, 2.05) is 13.8 Å². The van der Waals surface area contributed by atoms with Gasteiger partial charge in [0.25, 0.3) is 0 Å². The highest BCUT2D eigenvalue weighted by molar-refractivity contribution is 7.80. The van der Waals surface area contributed by atoms with E-state index in [1.54, 1.807) is 31.2 Å². The van der Waals surface area contributed by atoms with Crippen LogP contribution in [0.5, 0.6) is 5.75 Å². The van der Waals surface area contributed by atoms with Gasteiger partial charge in [-0.3, -0.25) is 9.08 Å². The summed E-state index contributed by atoms with van der Waals surface area (Å²) in [5, 5.41) is 13.8. The number of benzene rings is 1. The fourth-order valence-corrected chi connectivity index (χ4v) is 3.23. The zero-order valence-electron chi connectivity index (χ0n) is 14.7. The number of β-amino-alcohol motifs (C(OH)–C–C–N with tert-alkyl or cyclic N) is 1. The highest BCUT2D eigenvalue weighted by Crippen LogP contribution is 2.23. The zero-order chi connectivity index (χ0) is 17.6. The van der Waals surface area contributed by atoms with Crippen LogP contribution in [0, 0.1) is 0 Å². The summed E-state index contributed by atoms with van der Waals surface area (Å²) in [6, 6.07) is 6.96. The van der Waals surface area contributed by atoms with Crippen LogP contribution in [0.2, 0.25) is 0 Å². The molecule has 1 aromatic rings. The van der Waals surface area contributed by atoms with Crippen molar-refractivity contribution >= 4 is 11.1 Å². The van der Waals surface area contributed by atoms with Gasteiger partial charge in [0, 0.05) is 32.7 Å². The van der Waals surface area contributed by atoms with Crippen LogP contribution in [-0.2, 0) is 15.3 Å². The van der Waals surface area contributed by atoms with Gasteiger partial charge in [0.05, 0.1) is 11.5 Å². The lowest BCUT2D eigenvalue weighted by Gasteiger charge is -2.36. The minimum atomic E-state index is -1.45. The molecule has 2 unspecified atom stereocenters. The van der Waals surface area contributed by atoms with Gasteiger partial charge in [-0.05, 0) is 45.0 Å². The predicted octanol–water partition coefficient (Wildman–Crippen LogP) is 1.17. The number of nitrogens with one attached hydrogen (secondary N) is 1. The molecule has 0 aliphatic carbocycles. The maximum absolute atomic E-state index is 11.8. The first-order valence-electron chi connectivity index (χ1n) is 8.37. The Bertz CT molecular complexity index is 530.